The van der Waals surface area contributed by atoms with Crippen LogP contribution in [0.4, 0.5) is 0 Å². The molecule has 0 aliphatic heterocycles. The van der Waals surface area contributed by atoms with Gasteiger partial charge in [-0.25, -0.2) is 0 Å². The Morgan fingerprint density at radius 3 is 2.90 bits per heavy atom. The van der Waals surface area contributed by atoms with Crippen molar-refractivity contribution in [1.29, 1.82) is 0 Å². The third kappa shape index (κ3) is 1.39. The first kappa shape index (κ1) is 7.35. The molecule has 2 nitrogen and oxygen atoms in total. The third-order valence-electron chi connectivity index (χ3n) is 1.75. The Bertz CT molecular complexity index is 165. The van der Waals surface area contributed by atoms with Crippen LogP contribution in [-0.2, 0) is 0 Å². The van der Waals surface area contributed by atoms with Crippen molar-refractivity contribution in [1.82, 2.24) is 0 Å². The van der Waals surface area contributed by atoms with E-state index >= 15 is 0 Å². The van der Waals surface area contributed by atoms with Crippen molar-refractivity contribution in [2.45, 2.75) is 19.4 Å². The summed E-state index contributed by atoms with van der Waals surface area (Å²) in [6, 6.07) is 4.45. The molecule has 1 heterocycles. The lowest BCUT2D eigenvalue weighted by atomic mass is 10.2. The lowest BCUT2D eigenvalue weighted by Crippen LogP contribution is -2.80. The van der Waals surface area contributed by atoms with Crippen molar-refractivity contribution in [3.8, 4) is 0 Å². The Hall–Kier alpha value is -0.760. The van der Waals surface area contributed by atoms with Gasteiger partial charge in [0.05, 0.1) is 13.3 Å². The Labute approximate surface area is 61.2 Å². The van der Waals surface area contributed by atoms with Crippen LogP contribution in [0.3, 0.4) is 0 Å². The lowest BCUT2D eigenvalue weighted by Gasteiger charge is -2.05. The van der Waals surface area contributed by atoms with Gasteiger partial charge in [0.25, 0.3) is 0 Å². The fraction of sp³-hybridized carbons (Fsp3) is 0.500. The van der Waals surface area contributed by atoms with E-state index in [-0.39, 0.29) is 0 Å². The molecule has 0 radical (unpaired) electrons. The second-order valence-electron chi connectivity index (χ2n) is 2.36. The van der Waals surface area contributed by atoms with Gasteiger partial charge in [0, 0.05) is 6.42 Å². The van der Waals surface area contributed by atoms with Gasteiger partial charge < -0.3 is 9.73 Å². The smallest absolute Gasteiger partial charge is 0.160 e. The zero-order valence-corrected chi connectivity index (χ0v) is 6.50. The first-order valence-corrected chi connectivity index (χ1v) is 3.71. The molecule has 2 N–H and O–H groups in total. The fourth-order valence-electron chi connectivity index (χ4n) is 1.10. The van der Waals surface area contributed by atoms with Crippen LogP contribution in [0.5, 0.6) is 0 Å². The summed E-state index contributed by atoms with van der Waals surface area (Å²) in [5, 5.41) is 2.17. The van der Waals surface area contributed by atoms with E-state index in [9.17, 15) is 0 Å². The molecule has 0 fully saturated rings. The average molecular weight is 140 g/mol. The number of rotatable bonds is 3. The number of furan rings is 1. The first-order valence-electron chi connectivity index (χ1n) is 3.71. The van der Waals surface area contributed by atoms with Crippen LogP contribution in [-0.4, -0.2) is 7.05 Å². The van der Waals surface area contributed by atoms with Crippen LogP contribution in [0, 0.1) is 0 Å². The van der Waals surface area contributed by atoms with Gasteiger partial charge in [0.1, 0.15) is 6.04 Å². The van der Waals surface area contributed by atoms with Gasteiger partial charge in [-0.3, -0.25) is 0 Å². The SMILES string of the molecule is CC[C@H]([NH2+]C)c1ccco1. The summed E-state index contributed by atoms with van der Waals surface area (Å²) in [5.41, 5.74) is 0. The monoisotopic (exact) mass is 140 g/mol. The average Bonchev–Trinajstić information content (AvgIpc) is 2.43. The molecule has 1 aromatic heterocycles. The number of quaternary nitrogens is 1. The Morgan fingerprint density at radius 1 is 1.70 bits per heavy atom. The number of hydrogen-bond acceptors (Lipinski definition) is 1. The van der Waals surface area contributed by atoms with Gasteiger partial charge in [-0.15, -0.1) is 0 Å². The molecule has 0 amide bonds. The predicted molar refractivity (Wildman–Crippen MR) is 39.6 cm³/mol. The highest BCUT2D eigenvalue weighted by Gasteiger charge is 2.11. The molecular weight excluding hydrogens is 126 g/mol. The summed E-state index contributed by atoms with van der Waals surface area (Å²) < 4.78 is 5.25. The zero-order chi connectivity index (χ0) is 7.40. The van der Waals surface area contributed by atoms with Gasteiger partial charge in [-0.2, -0.15) is 0 Å². The van der Waals surface area contributed by atoms with E-state index in [1.54, 1.807) is 6.26 Å². The van der Waals surface area contributed by atoms with Crippen molar-refractivity contribution in [3.05, 3.63) is 24.2 Å². The Morgan fingerprint density at radius 2 is 2.50 bits per heavy atom. The maximum Gasteiger partial charge on any atom is 0.160 e. The van der Waals surface area contributed by atoms with Gasteiger partial charge in [0.2, 0.25) is 0 Å². The number of hydrogen-bond donors (Lipinski definition) is 1. The summed E-state index contributed by atoms with van der Waals surface area (Å²) in [6.07, 6.45) is 2.84. The van der Waals surface area contributed by atoms with Crippen LogP contribution in [0.1, 0.15) is 25.1 Å². The highest BCUT2D eigenvalue weighted by molar-refractivity contribution is 5.00. The lowest BCUT2D eigenvalue weighted by molar-refractivity contribution is -0.672. The van der Waals surface area contributed by atoms with E-state index in [2.05, 4.69) is 19.3 Å². The van der Waals surface area contributed by atoms with Crippen molar-refractivity contribution in [2.24, 2.45) is 0 Å². The standard InChI is InChI=1S/C8H13NO/c1-3-7(9-2)8-5-4-6-10-8/h4-7,9H,3H2,1-2H3/p+1/t7-/m0/s1. The minimum atomic E-state index is 0.495. The topological polar surface area (TPSA) is 29.8 Å². The van der Waals surface area contributed by atoms with Crippen LogP contribution in [0.15, 0.2) is 22.8 Å². The molecule has 0 saturated heterocycles. The van der Waals surface area contributed by atoms with Crippen molar-refractivity contribution in [2.75, 3.05) is 7.05 Å². The van der Waals surface area contributed by atoms with E-state index in [4.69, 9.17) is 4.42 Å². The molecule has 0 aliphatic rings. The van der Waals surface area contributed by atoms with Gasteiger partial charge in [-0.1, -0.05) is 6.92 Å². The molecular formula is C8H14NO+. The van der Waals surface area contributed by atoms with Crippen LogP contribution in [0.2, 0.25) is 0 Å². The van der Waals surface area contributed by atoms with Crippen LogP contribution >= 0.6 is 0 Å². The van der Waals surface area contributed by atoms with Crippen LogP contribution < -0.4 is 5.32 Å². The molecule has 10 heavy (non-hydrogen) atoms. The molecule has 56 valence electrons. The molecule has 0 unspecified atom stereocenters. The van der Waals surface area contributed by atoms with E-state index in [0.29, 0.717) is 6.04 Å². The normalized spacial score (nSPS) is 13.4. The molecule has 0 aromatic carbocycles. The van der Waals surface area contributed by atoms with E-state index < -0.39 is 0 Å². The first-order chi connectivity index (χ1) is 4.88. The zero-order valence-electron chi connectivity index (χ0n) is 6.50. The molecule has 2 heteroatoms. The van der Waals surface area contributed by atoms with E-state index in [1.807, 2.05) is 12.1 Å². The molecule has 0 saturated carbocycles. The fourth-order valence-corrected chi connectivity index (χ4v) is 1.10. The minimum absolute atomic E-state index is 0.495. The maximum atomic E-state index is 5.25. The summed E-state index contributed by atoms with van der Waals surface area (Å²) in [6.45, 7) is 2.16. The van der Waals surface area contributed by atoms with Crippen molar-refractivity contribution in [3.63, 3.8) is 0 Å². The second-order valence-corrected chi connectivity index (χ2v) is 2.36. The molecule has 0 aliphatic carbocycles. The largest absolute Gasteiger partial charge is 0.463 e. The second kappa shape index (κ2) is 3.42. The van der Waals surface area contributed by atoms with E-state index in [0.717, 1.165) is 12.2 Å². The summed E-state index contributed by atoms with van der Waals surface area (Å²) >= 11 is 0. The minimum Gasteiger partial charge on any atom is -0.463 e. The number of nitrogens with two attached hydrogens (primary N) is 1. The van der Waals surface area contributed by atoms with Crippen LogP contribution in [0.25, 0.3) is 0 Å². The third-order valence-corrected chi connectivity index (χ3v) is 1.75. The van der Waals surface area contributed by atoms with Crippen molar-refractivity contribution >= 4 is 0 Å². The Balaban J connectivity index is 2.64. The summed E-state index contributed by atoms with van der Waals surface area (Å²) in [7, 11) is 2.07. The molecule has 0 spiro atoms. The molecule has 1 atom stereocenters. The van der Waals surface area contributed by atoms with Gasteiger partial charge >= 0.3 is 0 Å². The van der Waals surface area contributed by atoms with Crippen molar-refractivity contribution < 1.29 is 9.73 Å². The molecule has 1 rings (SSSR count). The quantitative estimate of drug-likeness (QED) is 0.665. The summed E-state index contributed by atoms with van der Waals surface area (Å²) in [5.74, 6) is 1.07. The molecule has 0 bridgehead atoms. The highest BCUT2D eigenvalue weighted by atomic mass is 16.3. The maximum absolute atomic E-state index is 5.25. The van der Waals surface area contributed by atoms with Gasteiger partial charge in [0.15, 0.2) is 5.76 Å². The highest BCUT2D eigenvalue weighted by Crippen LogP contribution is 2.11. The predicted octanol–water partition coefficient (Wildman–Crippen LogP) is 0.924. The molecule has 1 aromatic rings. The Kier molecular flexibility index (Phi) is 2.51. The van der Waals surface area contributed by atoms with Gasteiger partial charge in [-0.05, 0) is 12.1 Å². The van der Waals surface area contributed by atoms with E-state index in [1.165, 1.54) is 0 Å². The summed E-state index contributed by atoms with van der Waals surface area (Å²) in [4.78, 5) is 0.